The summed E-state index contributed by atoms with van der Waals surface area (Å²) in [6, 6.07) is 8.12. The van der Waals surface area contributed by atoms with Crippen molar-refractivity contribution in [2.45, 2.75) is 20.8 Å². The van der Waals surface area contributed by atoms with E-state index in [4.69, 9.17) is 9.72 Å². The van der Waals surface area contributed by atoms with Crippen LogP contribution in [0.4, 0.5) is 0 Å². The molecule has 0 aliphatic rings. The first-order valence-electron chi connectivity index (χ1n) is 6.57. The van der Waals surface area contributed by atoms with Gasteiger partial charge in [-0.15, -0.1) is 11.3 Å². The Morgan fingerprint density at radius 3 is 2.80 bits per heavy atom. The number of ether oxygens (including phenoxy) is 1. The fourth-order valence-electron chi connectivity index (χ4n) is 2.25. The average Bonchev–Trinajstić information content (AvgIpc) is 2.84. The zero-order valence-corrected chi connectivity index (χ0v) is 12.5. The highest BCUT2D eigenvalue weighted by Gasteiger charge is 2.13. The number of pyridine rings is 1. The van der Waals surface area contributed by atoms with Gasteiger partial charge in [-0.1, -0.05) is 12.1 Å². The van der Waals surface area contributed by atoms with E-state index in [0.717, 1.165) is 21.1 Å². The molecule has 2 heterocycles. The van der Waals surface area contributed by atoms with Gasteiger partial charge >= 0.3 is 5.97 Å². The lowest BCUT2D eigenvalue weighted by Crippen LogP contribution is -2.01. The highest BCUT2D eigenvalue weighted by Crippen LogP contribution is 2.29. The molecule has 0 radical (unpaired) electrons. The highest BCUT2D eigenvalue weighted by atomic mass is 32.1. The predicted molar refractivity (Wildman–Crippen MR) is 82.6 cm³/mol. The number of aryl methyl sites for hydroxylation is 2. The molecule has 4 heteroatoms. The number of hydrogen-bond acceptors (Lipinski definition) is 4. The molecule has 0 aliphatic carbocycles. The first-order chi connectivity index (χ1) is 9.60. The first kappa shape index (κ1) is 13.1. The normalized spacial score (nSPS) is 11.2. The maximum Gasteiger partial charge on any atom is 0.348 e. The number of carbonyl (C=O) groups is 1. The van der Waals surface area contributed by atoms with Crippen molar-refractivity contribution >= 4 is 38.4 Å². The van der Waals surface area contributed by atoms with Crippen molar-refractivity contribution in [2.75, 3.05) is 6.61 Å². The third kappa shape index (κ3) is 2.06. The SMILES string of the molecule is CCOC(=O)c1cc2cc3ccc(C)c(C)c3nc2s1. The minimum Gasteiger partial charge on any atom is -0.462 e. The molecule has 0 amide bonds. The number of nitrogens with zero attached hydrogens (tertiary/aromatic N) is 1. The number of aromatic nitrogens is 1. The standard InChI is InChI=1S/C16H15NO2S/c1-4-19-16(18)13-8-12-7-11-6-5-9(2)10(3)14(11)17-15(12)20-13/h5-8H,4H2,1-3H3. The zero-order chi connectivity index (χ0) is 14.3. The molecule has 0 saturated heterocycles. The molecule has 0 fully saturated rings. The number of rotatable bonds is 2. The number of hydrogen-bond donors (Lipinski definition) is 0. The van der Waals surface area contributed by atoms with Gasteiger partial charge in [-0.2, -0.15) is 0 Å². The lowest BCUT2D eigenvalue weighted by atomic mass is 10.0. The molecule has 3 aromatic rings. The Kier molecular flexibility index (Phi) is 3.18. The summed E-state index contributed by atoms with van der Waals surface area (Å²) in [6.07, 6.45) is 0. The average molecular weight is 285 g/mol. The van der Waals surface area contributed by atoms with Crippen LogP contribution in [0.3, 0.4) is 0 Å². The molecule has 0 spiro atoms. The lowest BCUT2D eigenvalue weighted by Gasteiger charge is -2.04. The van der Waals surface area contributed by atoms with Crippen molar-refractivity contribution in [1.82, 2.24) is 4.98 Å². The van der Waals surface area contributed by atoms with Gasteiger partial charge < -0.3 is 4.74 Å². The summed E-state index contributed by atoms with van der Waals surface area (Å²) in [6.45, 7) is 6.36. The third-order valence-electron chi connectivity index (χ3n) is 3.47. The van der Waals surface area contributed by atoms with E-state index in [1.807, 2.05) is 13.0 Å². The van der Waals surface area contributed by atoms with Crippen LogP contribution in [0.5, 0.6) is 0 Å². The summed E-state index contributed by atoms with van der Waals surface area (Å²) < 4.78 is 5.04. The molecule has 2 aromatic heterocycles. The number of fused-ring (bicyclic) bond motifs is 2. The van der Waals surface area contributed by atoms with Gasteiger partial charge in [0.15, 0.2) is 0 Å². The van der Waals surface area contributed by atoms with Crippen LogP contribution >= 0.6 is 11.3 Å². The molecule has 3 rings (SSSR count). The highest BCUT2D eigenvalue weighted by molar-refractivity contribution is 7.20. The summed E-state index contributed by atoms with van der Waals surface area (Å²) in [4.78, 5) is 18.0. The van der Waals surface area contributed by atoms with E-state index in [1.54, 1.807) is 0 Å². The number of esters is 1. The Morgan fingerprint density at radius 1 is 1.25 bits per heavy atom. The molecule has 0 atom stereocenters. The van der Waals surface area contributed by atoms with Crippen molar-refractivity contribution in [3.63, 3.8) is 0 Å². The summed E-state index contributed by atoms with van der Waals surface area (Å²) in [5, 5.41) is 2.10. The Hall–Kier alpha value is -1.94. The van der Waals surface area contributed by atoms with Gasteiger partial charge in [-0.3, -0.25) is 0 Å². The molecule has 0 bridgehead atoms. The van der Waals surface area contributed by atoms with Crippen LogP contribution < -0.4 is 0 Å². The maximum absolute atomic E-state index is 11.8. The summed E-state index contributed by atoms with van der Waals surface area (Å²) in [7, 11) is 0. The molecule has 0 aliphatic heterocycles. The Balaban J connectivity index is 2.21. The van der Waals surface area contributed by atoms with Crippen LogP contribution in [0.2, 0.25) is 0 Å². The fourth-order valence-corrected chi connectivity index (χ4v) is 3.15. The molecule has 1 aromatic carbocycles. The smallest absolute Gasteiger partial charge is 0.348 e. The van der Waals surface area contributed by atoms with Gasteiger partial charge in [0.1, 0.15) is 9.71 Å². The van der Waals surface area contributed by atoms with Crippen molar-refractivity contribution in [3.05, 3.63) is 40.3 Å². The van der Waals surface area contributed by atoms with Crippen LogP contribution in [0.15, 0.2) is 24.3 Å². The van der Waals surface area contributed by atoms with E-state index in [9.17, 15) is 4.79 Å². The summed E-state index contributed by atoms with van der Waals surface area (Å²) in [5.74, 6) is -0.271. The van der Waals surface area contributed by atoms with E-state index < -0.39 is 0 Å². The van der Waals surface area contributed by atoms with Gasteiger partial charge in [0.05, 0.1) is 12.1 Å². The van der Waals surface area contributed by atoms with E-state index in [0.29, 0.717) is 11.5 Å². The van der Waals surface area contributed by atoms with Gasteiger partial charge in [-0.05, 0) is 44.0 Å². The molecule has 0 unspecified atom stereocenters. The second-order valence-electron chi connectivity index (χ2n) is 4.79. The van der Waals surface area contributed by atoms with Crippen molar-refractivity contribution in [3.8, 4) is 0 Å². The molecular formula is C16H15NO2S. The van der Waals surface area contributed by atoms with Gasteiger partial charge in [-0.25, -0.2) is 9.78 Å². The van der Waals surface area contributed by atoms with Crippen molar-refractivity contribution < 1.29 is 9.53 Å². The Bertz CT molecular complexity index is 820. The fraction of sp³-hybridized carbons (Fsp3) is 0.250. The van der Waals surface area contributed by atoms with E-state index in [2.05, 4.69) is 32.0 Å². The third-order valence-corrected chi connectivity index (χ3v) is 4.50. The van der Waals surface area contributed by atoms with Crippen LogP contribution in [-0.4, -0.2) is 17.6 Å². The van der Waals surface area contributed by atoms with E-state index >= 15 is 0 Å². The second-order valence-corrected chi connectivity index (χ2v) is 5.82. The van der Waals surface area contributed by atoms with Crippen LogP contribution in [0.1, 0.15) is 27.7 Å². The minimum absolute atomic E-state index is 0.271. The van der Waals surface area contributed by atoms with Gasteiger partial charge in [0.25, 0.3) is 0 Å². The van der Waals surface area contributed by atoms with Crippen molar-refractivity contribution in [1.29, 1.82) is 0 Å². The lowest BCUT2D eigenvalue weighted by molar-refractivity contribution is 0.0532. The van der Waals surface area contributed by atoms with Crippen LogP contribution in [0.25, 0.3) is 21.1 Å². The Labute approximate surface area is 121 Å². The Morgan fingerprint density at radius 2 is 2.05 bits per heavy atom. The second kappa shape index (κ2) is 4.87. The summed E-state index contributed by atoms with van der Waals surface area (Å²) in [5.41, 5.74) is 3.43. The number of benzene rings is 1. The molecule has 3 nitrogen and oxygen atoms in total. The molecule has 102 valence electrons. The van der Waals surface area contributed by atoms with Gasteiger partial charge in [0, 0.05) is 10.8 Å². The topological polar surface area (TPSA) is 39.2 Å². The number of carbonyl (C=O) groups excluding carboxylic acids is 1. The maximum atomic E-state index is 11.8. The van der Waals surface area contributed by atoms with E-state index in [-0.39, 0.29) is 5.97 Å². The number of thiophene rings is 1. The molecule has 20 heavy (non-hydrogen) atoms. The van der Waals surface area contributed by atoms with Crippen molar-refractivity contribution in [2.24, 2.45) is 0 Å². The summed E-state index contributed by atoms with van der Waals surface area (Å²) >= 11 is 1.39. The predicted octanol–water partition coefficient (Wildman–Crippen LogP) is 4.24. The van der Waals surface area contributed by atoms with E-state index in [1.165, 1.54) is 22.5 Å². The van der Waals surface area contributed by atoms with Crippen LogP contribution in [0, 0.1) is 13.8 Å². The van der Waals surface area contributed by atoms with Crippen LogP contribution in [-0.2, 0) is 4.74 Å². The molecular weight excluding hydrogens is 270 g/mol. The zero-order valence-electron chi connectivity index (χ0n) is 11.7. The largest absolute Gasteiger partial charge is 0.462 e. The quantitative estimate of drug-likeness (QED) is 0.661. The van der Waals surface area contributed by atoms with Gasteiger partial charge in [0.2, 0.25) is 0 Å². The molecule has 0 saturated carbocycles. The monoisotopic (exact) mass is 285 g/mol. The first-order valence-corrected chi connectivity index (χ1v) is 7.39. The molecule has 0 N–H and O–H groups in total. The minimum atomic E-state index is -0.271.